The number of benzene rings is 2. The van der Waals surface area contributed by atoms with Gasteiger partial charge in [0.05, 0.1) is 23.5 Å². The van der Waals surface area contributed by atoms with Gasteiger partial charge in [0.2, 0.25) is 0 Å². The Morgan fingerprint density at radius 3 is 2.62 bits per heavy atom. The summed E-state index contributed by atoms with van der Waals surface area (Å²) >= 11 is 0. The normalized spacial score (nSPS) is 22.8. The zero-order valence-corrected chi connectivity index (χ0v) is 17.1. The number of amidine groups is 1. The Morgan fingerprint density at radius 1 is 1.14 bits per heavy atom. The monoisotopic (exact) mass is 394 g/mol. The third-order valence-corrected chi connectivity index (χ3v) is 5.31. The van der Waals surface area contributed by atoms with E-state index in [1.54, 1.807) is 17.0 Å². The predicted octanol–water partition coefficient (Wildman–Crippen LogP) is 4.54. The van der Waals surface area contributed by atoms with Crippen LogP contribution in [-0.4, -0.2) is 40.8 Å². The van der Waals surface area contributed by atoms with Gasteiger partial charge in [-0.15, -0.1) is 0 Å². The summed E-state index contributed by atoms with van der Waals surface area (Å²) in [6.07, 6.45) is 1.69. The van der Waals surface area contributed by atoms with Crippen LogP contribution >= 0.6 is 0 Å². The molecule has 2 aromatic rings. The number of carbonyl (C=O) groups excluding carboxylic acids is 1. The van der Waals surface area contributed by atoms with E-state index in [4.69, 9.17) is 4.99 Å². The van der Waals surface area contributed by atoms with Crippen LogP contribution in [0.1, 0.15) is 44.0 Å². The van der Waals surface area contributed by atoms with E-state index in [2.05, 4.69) is 31.4 Å². The molecule has 0 aromatic heterocycles. The fraction of sp³-hybridized carbons (Fsp3) is 0.391. The van der Waals surface area contributed by atoms with Gasteiger partial charge in [0.15, 0.2) is 0 Å². The molecule has 0 saturated carbocycles. The zero-order chi connectivity index (χ0) is 20.6. The summed E-state index contributed by atoms with van der Waals surface area (Å²) in [7, 11) is 0. The summed E-state index contributed by atoms with van der Waals surface area (Å²) < 4.78 is 13.6. The molecule has 0 bridgehead atoms. The maximum atomic E-state index is 13.6. The highest BCUT2D eigenvalue weighted by molar-refractivity contribution is 6.10. The van der Waals surface area contributed by atoms with Crippen LogP contribution in [0.25, 0.3) is 0 Å². The van der Waals surface area contributed by atoms with Gasteiger partial charge < -0.3 is 15.5 Å². The number of rotatable bonds is 1. The SMILES string of the molecule is CC(C)(C)N=C1Nc2ccccc2N[C@]12CCCN(C(=O)c1cccc(F)c1)C2. The second kappa shape index (κ2) is 7.17. The third-order valence-electron chi connectivity index (χ3n) is 5.31. The first-order valence-electron chi connectivity index (χ1n) is 10.1. The number of aliphatic imine (C=N–C) groups is 1. The number of anilines is 2. The number of amides is 1. The van der Waals surface area contributed by atoms with Gasteiger partial charge in [-0.25, -0.2) is 4.39 Å². The van der Waals surface area contributed by atoms with Crippen LogP contribution in [0.4, 0.5) is 15.8 Å². The molecule has 2 aromatic carbocycles. The van der Waals surface area contributed by atoms with Gasteiger partial charge in [0, 0.05) is 12.1 Å². The molecule has 1 amide bonds. The average molecular weight is 394 g/mol. The predicted molar refractivity (Wildman–Crippen MR) is 115 cm³/mol. The molecule has 2 aliphatic rings. The maximum Gasteiger partial charge on any atom is 0.254 e. The molecule has 2 heterocycles. The Morgan fingerprint density at radius 2 is 1.90 bits per heavy atom. The molecule has 0 aliphatic carbocycles. The molecule has 152 valence electrons. The number of carbonyl (C=O) groups is 1. The van der Waals surface area contributed by atoms with Gasteiger partial charge in [-0.05, 0) is 63.9 Å². The van der Waals surface area contributed by atoms with E-state index in [1.807, 2.05) is 24.3 Å². The molecule has 29 heavy (non-hydrogen) atoms. The average Bonchev–Trinajstić information content (AvgIpc) is 2.67. The minimum atomic E-state index is -0.497. The largest absolute Gasteiger partial charge is 0.370 e. The number of halogens is 1. The molecule has 5 nitrogen and oxygen atoms in total. The third kappa shape index (κ3) is 3.97. The van der Waals surface area contributed by atoms with Crippen LogP contribution < -0.4 is 10.6 Å². The molecule has 0 unspecified atom stereocenters. The van der Waals surface area contributed by atoms with E-state index in [0.717, 1.165) is 30.1 Å². The highest BCUT2D eigenvalue weighted by Gasteiger charge is 2.45. The van der Waals surface area contributed by atoms with Gasteiger partial charge in [-0.2, -0.15) is 0 Å². The van der Waals surface area contributed by atoms with Crippen LogP contribution in [0.2, 0.25) is 0 Å². The fourth-order valence-electron chi connectivity index (χ4n) is 4.06. The quantitative estimate of drug-likeness (QED) is 0.747. The van der Waals surface area contributed by atoms with Crippen molar-refractivity contribution >= 4 is 23.1 Å². The topological polar surface area (TPSA) is 56.7 Å². The van der Waals surface area contributed by atoms with Gasteiger partial charge in [0.25, 0.3) is 5.91 Å². The fourth-order valence-corrected chi connectivity index (χ4v) is 4.06. The van der Waals surface area contributed by atoms with E-state index < -0.39 is 11.4 Å². The Bertz CT molecular complexity index is 965. The molecule has 4 rings (SSSR count). The maximum absolute atomic E-state index is 13.6. The number of fused-ring (bicyclic) bond motifs is 1. The van der Waals surface area contributed by atoms with E-state index in [-0.39, 0.29) is 11.4 Å². The molecular formula is C23H27FN4O. The Hall–Kier alpha value is -2.89. The van der Waals surface area contributed by atoms with Crippen LogP contribution in [-0.2, 0) is 0 Å². The van der Waals surface area contributed by atoms with E-state index in [0.29, 0.717) is 18.7 Å². The Kier molecular flexibility index (Phi) is 4.81. The first-order chi connectivity index (χ1) is 13.8. The molecule has 1 atom stereocenters. The number of likely N-dealkylation sites (tertiary alicyclic amines) is 1. The van der Waals surface area contributed by atoms with Crippen molar-refractivity contribution in [1.82, 2.24) is 4.90 Å². The zero-order valence-electron chi connectivity index (χ0n) is 17.1. The van der Waals surface area contributed by atoms with Crippen LogP contribution in [0.15, 0.2) is 53.5 Å². The molecule has 1 fully saturated rings. The first kappa shape index (κ1) is 19.4. The van der Waals surface area contributed by atoms with Crippen molar-refractivity contribution in [3.63, 3.8) is 0 Å². The number of piperidine rings is 1. The van der Waals surface area contributed by atoms with Crippen LogP contribution in [0.3, 0.4) is 0 Å². The van der Waals surface area contributed by atoms with Crippen molar-refractivity contribution in [3.8, 4) is 0 Å². The molecule has 1 spiro atoms. The molecule has 2 N–H and O–H groups in total. The van der Waals surface area contributed by atoms with Crippen LogP contribution in [0, 0.1) is 5.82 Å². The highest BCUT2D eigenvalue weighted by Crippen LogP contribution is 2.37. The molecule has 2 aliphatic heterocycles. The van der Waals surface area contributed by atoms with Gasteiger partial charge in [-0.1, -0.05) is 18.2 Å². The molecule has 1 saturated heterocycles. The smallest absolute Gasteiger partial charge is 0.254 e. The summed E-state index contributed by atoms with van der Waals surface area (Å²) in [5.74, 6) is 0.295. The van der Waals surface area contributed by atoms with Crippen molar-refractivity contribution in [2.45, 2.75) is 44.7 Å². The molecule has 6 heteroatoms. The van der Waals surface area contributed by atoms with Crippen molar-refractivity contribution in [2.75, 3.05) is 23.7 Å². The van der Waals surface area contributed by atoms with Gasteiger partial charge >= 0.3 is 0 Å². The van der Waals surface area contributed by atoms with Crippen molar-refractivity contribution in [3.05, 3.63) is 59.9 Å². The van der Waals surface area contributed by atoms with Crippen molar-refractivity contribution in [2.24, 2.45) is 4.99 Å². The van der Waals surface area contributed by atoms with Crippen molar-refractivity contribution in [1.29, 1.82) is 0 Å². The van der Waals surface area contributed by atoms with E-state index in [9.17, 15) is 9.18 Å². The van der Waals surface area contributed by atoms with Crippen molar-refractivity contribution < 1.29 is 9.18 Å². The van der Waals surface area contributed by atoms with Gasteiger partial charge in [-0.3, -0.25) is 9.79 Å². The first-order valence-corrected chi connectivity index (χ1v) is 10.1. The standard InChI is InChI=1S/C23H27FN4O/c1-22(2,3)27-21-23(26-19-11-5-4-10-18(19)25-21)12-7-13-28(15-23)20(29)16-8-6-9-17(24)14-16/h4-6,8-11,14,26H,7,12-13,15H2,1-3H3,(H,25,27)/t23-/m0/s1. The second-order valence-corrected chi connectivity index (χ2v) is 8.85. The van der Waals surface area contributed by atoms with Gasteiger partial charge in [0.1, 0.15) is 17.2 Å². The van der Waals surface area contributed by atoms with Crippen LogP contribution in [0.5, 0.6) is 0 Å². The lowest BCUT2D eigenvalue weighted by molar-refractivity contribution is 0.0694. The lowest BCUT2D eigenvalue weighted by atomic mass is 9.84. The molecule has 0 radical (unpaired) electrons. The number of hydrogen-bond donors (Lipinski definition) is 2. The minimum Gasteiger partial charge on any atom is -0.370 e. The number of nitrogens with zero attached hydrogens (tertiary/aromatic N) is 2. The van der Waals surface area contributed by atoms with E-state index in [1.165, 1.54) is 12.1 Å². The number of hydrogen-bond acceptors (Lipinski definition) is 3. The summed E-state index contributed by atoms with van der Waals surface area (Å²) in [5, 5.41) is 7.18. The Balaban J connectivity index is 1.70. The lowest BCUT2D eigenvalue weighted by Crippen LogP contribution is -2.63. The molecular weight excluding hydrogens is 367 g/mol. The number of para-hydroxylation sites is 2. The second-order valence-electron chi connectivity index (χ2n) is 8.85. The minimum absolute atomic E-state index is 0.153. The summed E-state index contributed by atoms with van der Waals surface area (Å²) in [4.78, 5) is 19.9. The summed E-state index contributed by atoms with van der Waals surface area (Å²) in [6, 6.07) is 13.9. The highest BCUT2D eigenvalue weighted by atomic mass is 19.1. The Labute approximate surface area is 171 Å². The summed E-state index contributed by atoms with van der Waals surface area (Å²) in [6.45, 7) is 7.30. The lowest BCUT2D eigenvalue weighted by Gasteiger charge is -2.47. The van der Waals surface area contributed by atoms with E-state index >= 15 is 0 Å². The number of nitrogens with one attached hydrogen (secondary N) is 2. The summed E-state index contributed by atoms with van der Waals surface area (Å²) in [5.41, 5.74) is 1.59.